The van der Waals surface area contributed by atoms with Crippen LogP contribution in [0.5, 0.6) is 0 Å². The zero-order valence-corrected chi connectivity index (χ0v) is 13.7. The maximum atomic E-state index is 10.4. The quantitative estimate of drug-likeness (QED) is 0.896. The first-order chi connectivity index (χ1) is 10.6. The fourth-order valence-electron chi connectivity index (χ4n) is 3.16. The third kappa shape index (κ3) is 3.29. The summed E-state index contributed by atoms with van der Waals surface area (Å²) in [7, 11) is 0. The van der Waals surface area contributed by atoms with Gasteiger partial charge in [0.2, 0.25) is 0 Å². The smallest absolute Gasteiger partial charge is 0.0807 e. The molecule has 1 aliphatic rings. The van der Waals surface area contributed by atoms with E-state index in [1.54, 1.807) is 0 Å². The largest absolute Gasteiger partial charge is 0.388 e. The van der Waals surface area contributed by atoms with Crippen molar-refractivity contribution in [3.05, 3.63) is 64.2 Å². The number of aliphatic hydroxyl groups excluding tert-OH is 1. The molecule has 0 spiro atoms. The number of anilines is 1. The summed E-state index contributed by atoms with van der Waals surface area (Å²) in [5, 5.41) is 11.2. The van der Waals surface area contributed by atoms with Crippen LogP contribution in [0.1, 0.15) is 35.6 Å². The highest BCUT2D eigenvalue weighted by molar-refractivity contribution is 6.31. The molecule has 0 bridgehead atoms. The second kappa shape index (κ2) is 6.72. The van der Waals surface area contributed by atoms with Crippen LogP contribution >= 0.6 is 11.6 Å². The molecule has 1 aliphatic heterocycles. The molecule has 0 aromatic heterocycles. The first-order valence-electron chi connectivity index (χ1n) is 7.92. The number of hydrogen-bond acceptors (Lipinski definition) is 2. The van der Waals surface area contributed by atoms with Crippen molar-refractivity contribution in [1.29, 1.82) is 0 Å². The van der Waals surface area contributed by atoms with Gasteiger partial charge in [-0.3, -0.25) is 0 Å². The van der Waals surface area contributed by atoms with Gasteiger partial charge in [-0.25, -0.2) is 0 Å². The standard InChI is InChI=1S/C19H22ClNO/c1-14-13-16(8-9-17(14)20)19(22)10-12-21-11-4-6-15-5-2-3-7-18(15)21/h2-3,5,7-9,13,19,22H,4,6,10-12H2,1H3. The molecular formula is C19H22ClNO. The lowest BCUT2D eigenvalue weighted by molar-refractivity contribution is 0.169. The van der Waals surface area contributed by atoms with Crippen LogP contribution in [0, 0.1) is 6.92 Å². The topological polar surface area (TPSA) is 23.5 Å². The summed E-state index contributed by atoms with van der Waals surface area (Å²) in [6, 6.07) is 14.4. The average Bonchev–Trinajstić information content (AvgIpc) is 2.55. The van der Waals surface area contributed by atoms with Crippen molar-refractivity contribution in [3.8, 4) is 0 Å². The monoisotopic (exact) mass is 315 g/mol. The van der Waals surface area contributed by atoms with E-state index >= 15 is 0 Å². The molecule has 2 nitrogen and oxygen atoms in total. The number of benzene rings is 2. The van der Waals surface area contributed by atoms with Crippen LogP contribution in [0.15, 0.2) is 42.5 Å². The number of para-hydroxylation sites is 1. The number of halogens is 1. The van der Waals surface area contributed by atoms with E-state index < -0.39 is 6.10 Å². The van der Waals surface area contributed by atoms with Gasteiger partial charge in [0.1, 0.15) is 0 Å². The Labute approximate surface area is 137 Å². The van der Waals surface area contributed by atoms with E-state index in [2.05, 4.69) is 29.2 Å². The van der Waals surface area contributed by atoms with Gasteiger partial charge in [-0.1, -0.05) is 41.9 Å². The Morgan fingerprint density at radius 1 is 1.23 bits per heavy atom. The van der Waals surface area contributed by atoms with Crippen LogP contribution in [-0.2, 0) is 6.42 Å². The lowest BCUT2D eigenvalue weighted by Gasteiger charge is -2.32. The molecule has 0 saturated heterocycles. The molecular weight excluding hydrogens is 294 g/mol. The van der Waals surface area contributed by atoms with Crippen molar-refractivity contribution >= 4 is 17.3 Å². The maximum absolute atomic E-state index is 10.4. The van der Waals surface area contributed by atoms with Crippen molar-refractivity contribution < 1.29 is 5.11 Å². The molecule has 0 amide bonds. The lowest BCUT2D eigenvalue weighted by Crippen LogP contribution is -2.31. The van der Waals surface area contributed by atoms with E-state index in [-0.39, 0.29) is 0 Å². The van der Waals surface area contributed by atoms with Gasteiger partial charge >= 0.3 is 0 Å². The van der Waals surface area contributed by atoms with Crippen molar-refractivity contribution in [1.82, 2.24) is 0 Å². The molecule has 3 rings (SSSR count). The summed E-state index contributed by atoms with van der Waals surface area (Å²) < 4.78 is 0. The van der Waals surface area contributed by atoms with Gasteiger partial charge < -0.3 is 10.0 Å². The highest BCUT2D eigenvalue weighted by atomic mass is 35.5. The third-order valence-corrected chi connectivity index (χ3v) is 4.87. The average molecular weight is 316 g/mol. The number of nitrogens with zero attached hydrogens (tertiary/aromatic N) is 1. The van der Waals surface area contributed by atoms with Gasteiger partial charge in [-0.05, 0) is 55.0 Å². The fourth-order valence-corrected chi connectivity index (χ4v) is 3.28. The normalized spacial score (nSPS) is 15.5. The predicted molar refractivity (Wildman–Crippen MR) is 92.7 cm³/mol. The van der Waals surface area contributed by atoms with Crippen LogP contribution in [0.3, 0.4) is 0 Å². The van der Waals surface area contributed by atoms with Crippen molar-refractivity contribution in [2.24, 2.45) is 0 Å². The van der Waals surface area contributed by atoms with Crippen LogP contribution < -0.4 is 4.90 Å². The Balaban J connectivity index is 1.66. The van der Waals surface area contributed by atoms with Crippen molar-refractivity contribution in [2.75, 3.05) is 18.0 Å². The summed E-state index contributed by atoms with van der Waals surface area (Å²) >= 11 is 6.05. The second-order valence-corrected chi connectivity index (χ2v) is 6.44. The molecule has 2 aromatic rings. The molecule has 0 aliphatic carbocycles. The van der Waals surface area contributed by atoms with Crippen LogP contribution in [0.2, 0.25) is 5.02 Å². The molecule has 0 radical (unpaired) electrons. The molecule has 2 aromatic carbocycles. The molecule has 116 valence electrons. The van der Waals surface area contributed by atoms with Crippen LogP contribution in [0.4, 0.5) is 5.69 Å². The Hall–Kier alpha value is -1.51. The third-order valence-electron chi connectivity index (χ3n) is 4.45. The van der Waals surface area contributed by atoms with E-state index in [4.69, 9.17) is 11.6 Å². The van der Waals surface area contributed by atoms with Crippen LogP contribution in [-0.4, -0.2) is 18.2 Å². The Bertz CT molecular complexity index is 656. The molecule has 0 saturated carbocycles. The highest BCUT2D eigenvalue weighted by Gasteiger charge is 2.17. The van der Waals surface area contributed by atoms with E-state index in [0.717, 1.165) is 42.1 Å². The first kappa shape index (κ1) is 15.4. The van der Waals surface area contributed by atoms with E-state index in [9.17, 15) is 5.11 Å². The van der Waals surface area contributed by atoms with E-state index in [1.165, 1.54) is 17.7 Å². The minimum absolute atomic E-state index is 0.440. The molecule has 22 heavy (non-hydrogen) atoms. The molecule has 1 unspecified atom stereocenters. The molecule has 1 heterocycles. The van der Waals surface area contributed by atoms with Gasteiger partial charge in [0, 0.05) is 23.8 Å². The van der Waals surface area contributed by atoms with Crippen molar-refractivity contribution in [3.63, 3.8) is 0 Å². The minimum Gasteiger partial charge on any atom is -0.388 e. The van der Waals surface area contributed by atoms with Crippen molar-refractivity contribution in [2.45, 2.75) is 32.3 Å². The summed E-state index contributed by atoms with van der Waals surface area (Å²) in [6.45, 7) is 3.92. The van der Waals surface area contributed by atoms with E-state index in [1.807, 2.05) is 25.1 Å². The van der Waals surface area contributed by atoms with Gasteiger partial charge in [0.05, 0.1) is 6.10 Å². The highest BCUT2D eigenvalue weighted by Crippen LogP contribution is 2.28. The maximum Gasteiger partial charge on any atom is 0.0807 e. The Kier molecular flexibility index (Phi) is 4.70. The molecule has 0 fully saturated rings. The second-order valence-electron chi connectivity index (χ2n) is 6.03. The number of hydrogen-bond donors (Lipinski definition) is 1. The Morgan fingerprint density at radius 3 is 2.86 bits per heavy atom. The molecule has 1 N–H and O–H groups in total. The fraction of sp³-hybridized carbons (Fsp3) is 0.368. The van der Waals surface area contributed by atoms with Gasteiger partial charge in [-0.15, -0.1) is 0 Å². The SMILES string of the molecule is Cc1cc(C(O)CCN2CCCc3ccccc32)ccc1Cl. The number of aryl methyl sites for hydroxylation is 2. The van der Waals surface area contributed by atoms with Gasteiger partial charge in [0.15, 0.2) is 0 Å². The minimum atomic E-state index is -0.440. The summed E-state index contributed by atoms with van der Waals surface area (Å²) in [6.07, 6.45) is 2.64. The van der Waals surface area contributed by atoms with Gasteiger partial charge in [-0.2, -0.15) is 0 Å². The number of aliphatic hydroxyl groups is 1. The summed E-state index contributed by atoms with van der Waals surface area (Å²) in [4.78, 5) is 2.39. The zero-order chi connectivity index (χ0) is 15.5. The van der Waals surface area contributed by atoms with E-state index in [0.29, 0.717) is 0 Å². The van der Waals surface area contributed by atoms with Gasteiger partial charge in [0.25, 0.3) is 0 Å². The lowest BCUT2D eigenvalue weighted by atomic mass is 10.00. The molecule has 1 atom stereocenters. The first-order valence-corrected chi connectivity index (χ1v) is 8.30. The number of rotatable bonds is 4. The summed E-state index contributed by atoms with van der Waals surface area (Å²) in [5.74, 6) is 0. The molecule has 3 heteroatoms. The summed E-state index contributed by atoms with van der Waals surface area (Å²) in [5.41, 5.74) is 4.72. The zero-order valence-electron chi connectivity index (χ0n) is 12.9. The predicted octanol–water partition coefficient (Wildman–Crippen LogP) is 4.52. The number of fused-ring (bicyclic) bond motifs is 1. The van der Waals surface area contributed by atoms with Crippen LogP contribution in [0.25, 0.3) is 0 Å². The Morgan fingerprint density at radius 2 is 2.05 bits per heavy atom.